The monoisotopic (exact) mass is 193 g/mol. The van der Waals surface area contributed by atoms with Gasteiger partial charge in [-0.1, -0.05) is 18.2 Å². The smallest absolute Gasteiger partial charge is 0.0449 e. The topological polar surface area (TPSA) is 32.3 Å². The van der Waals surface area contributed by atoms with Crippen molar-refractivity contribution in [1.29, 1.82) is 0 Å². The Hall–Kier alpha value is -0.860. The van der Waals surface area contributed by atoms with Crippen molar-refractivity contribution in [2.45, 2.75) is 26.3 Å². The van der Waals surface area contributed by atoms with Crippen LogP contribution in [0.4, 0.5) is 0 Å². The minimum absolute atomic E-state index is 0.221. The third kappa shape index (κ3) is 2.56. The van der Waals surface area contributed by atoms with Crippen molar-refractivity contribution < 1.29 is 5.11 Å². The molecular weight excluding hydrogens is 174 g/mol. The molecule has 0 saturated heterocycles. The highest BCUT2D eigenvalue weighted by molar-refractivity contribution is 5.31. The Labute approximate surface area is 86.0 Å². The van der Waals surface area contributed by atoms with Crippen LogP contribution in [0, 0.1) is 13.8 Å². The molecule has 1 aromatic rings. The Bertz CT molecular complexity index is 296. The van der Waals surface area contributed by atoms with E-state index >= 15 is 0 Å². The lowest BCUT2D eigenvalue weighted by molar-refractivity contribution is 0.269. The number of aryl methyl sites for hydroxylation is 2. The van der Waals surface area contributed by atoms with Gasteiger partial charge in [-0.2, -0.15) is 0 Å². The number of aliphatic hydroxyl groups excluding tert-OH is 1. The molecule has 1 unspecified atom stereocenters. The van der Waals surface area contributed by atoms with E-state index in [0.717, 1.165) is 6.42 Å². The van der Waals surface area contributed by atoms with Crippen molar-refractivity contribution in [3.63, 3.8) is 0 Å². The molecule has 0 radical (unpaired) electrons. The van der Waals surface area contributed by atoms with Crippen LogP contribution in [0.2, 0.25) is 0 Å². The molecule has 1 rings (SSSR count). The zero-order valence-electron chi connectivity index (χ0n) is 9.17. The molecule has 0 bridgehead atoms. The van der Waals surface area contributed by atoms with E-state index < -0.39 is 0 Å². The Morgan fingerprint density at radius 3 is 2.50 bits per heavy atom. The molecule has 1 aromatic carbocycles. The summed E-state index contributed by atoms with van der Waals surface area (Å²) in [5, 5.41) is 12.1. The number of benzene rings is 1. The second kappa shape index (κ2) is 5.13. The van der Waals surface area contributed by atoms with E-state index in [4.69, 9.17) is 5.11 Å². The third-order valence-electron chi connectivity index (χ3n) is 2.70. The Kier molecular flexibility index (Phi) is 4.11. The predicted molar refractivity (Wildman–Crippen MR) is 59.4 cm³/mol. The molecule has 0 aliphatic heterocycles. The molecule has 0 heterocycles. The standard InChI is InChI=1S/C12H19NO/c1-9-4-5-11(8-10(9)2)12(13-3)6-7-14/h4-5,8,12-14H,6-7H2,1-3H3. The first kappa shape index (κ1) is 11.2. The number of nitrogens with one attached hydrogen (secondary N) is 1. The van der Waals surface area contributed by atoms with Crippen molar-refractivity contribution in [3.8, 4) is 0 Å². The average molecular weight is 193 g/mol. The summed E-state index contributed by atoms with van der Waals surface area (Å²) in [4.78, 5) is 0. The first-order valence-corrected chi connectivity index (χ1v) is 5.04. The van der Waals surface area contributed by atoms with E-state index in [0.29, 0.717) is 0 Å². The first-order valence-electron chi connectivity index (χ1n) is 5.04. The van der Waals surface area contributed by atoms with E-state index in [-0.39, 0.29) is 12.6 Å². The third-order valence-corrected chi connectivity index (χ3v) is 2.70. The van der Waals surface area contributed by atoms with Crippen molar-refractivity contribution in [2.75, 3.05) is 13.7 Å². The molecule has 2 heteroatoms. The van der Waals surface area contributed by atoms with Crippen molar-refractivity contribution in [2.24, 2.45) is 0 Å². The van der Waals surface area contributed by atoms with Gasteiger partial charge in [0.25, 0.3) is 0 Å². The molecule has 0 spiro atoms. The maximum atomic E-state index is 8.91. The normalized spacial score (nSPS) is 12.9. The fraction of sp³-hybridized carbons (Fsp3) is 0.500. The second-order valence-electron chi connectivity index (χ2n) is 3.70. The highest BCUT2D eigenvalue weighted by Crippen LogP contribution is 2.19. The first-order chi connectivity index (χ1) is 6.69. The molecule has 0 aliphatic carbocycles. The van der Waals surface area contributed by atoms with Crippen LogP contribution in [0.25, 0.3) is 0 Å². The van der Waals surface area contributed by atoms with Crippen LogP contribution in [-0.2, 0) is 0 Å². The highest BCUT2D eigenvalue weighted by atomic mass is 16.3. The van der Waals surface area contributed by atoms with Gasteiger partial charge in [-0.15, -0.1) is 0 Å². The predicted octanol–water partition coefficient (Wildman–Crippen LogP) is 1.95. The quantitative estimate of drug-likeness (QED) is 0.766. The lowest BCUT2D eigenvalue weighted by Crippen LogP contribution is -2.17. The second-order valence-corrected chi connectivity index (χ2v) is 3.70. The van der Waals surface area contributed by atoms with Crippen LogP contribution < -0.4 is 5.32 Å². The number of hydrogen-bond acceptors (Lipinski definition) is 2. The fourth-order valence-electron chi connectivity index (χ4n) is 1.59. The molecule has 14 heavy (non-hydrogen) atoms. The average Bonchev–Trinajstić information content (AvgIpc) is 2.19. The van der Waals surface area contributed by atoms with Crippen LogP contribution in [0.1, 0.15) is 29.2 Å². The summed E-state index contributed by atoms with van der Waals surface area (Å²) >= 11 is 0. The van der Waals surface area contributed by atoms with E-state index in [1.807, 2.05) is 7.05 Å². The van der Waals surface area contributed by atoms with Gasteiger partial charge < -0.3 is 10.4 Å². The maximum Gasteiger partial charge on any atom is 0.0449 e. The van der Waals surface area contributed by atoms with Gasteiger partial charge in [0.1, 0.15) is 0 Å². The summed E-state index contributed by atoms with van der Waals surface area (Å²) in [6.07, 6.45) is 0.763. The summed E-state index contributed by atoms with van der Waals surface area (Å²) in [5.74, 6) is 0. The van der Waals surface area contributed by atoms with E-state index in [1.165, 1.54) is 16.7 Å². The number of rotatable bonds is 4. The zero-order chi connectivity index (χ0) is 10.6. The van der Waals surface area contributed by atoms with E-state index in [2.05, 4.69) is 37.4 Å². The van der Waals surface area contributed by atoms with Gasteiger partial charge in [-0.05, 0) is 44.0 Å². The zero-order valence-corrected chi connectivity index (χ0v) is 9.17. The maximum absolute atomic E-state index is 8.91. The molecule has 1 atom stereocenters. The Morgan fingerprint density at radius 2 is 2.00 bits per heavy atom. The fourth-order valence-corrected chi connectivity index (χ4v) is 1.59. The molecular formula is C12H19NO. The minimum Gasteiger partial charge on any atom is -0.396 e. The van der Waals surface area contributed by atoms with Gasteiger partial charge >= 0.3 is 0 Å². The van der Waals surface area contributed by atoms with Crippen LogP contribution >= 0.6 is 0 Å². The summed E-state index contributed by atoms with van der Waals surface area (Å²) in [6, 6.07) is 6.71. The molecule has 78 valence electrons. The molecule has 0 saturated carbocycles. The van der Waals surface area contributed by atoms with Crippen LogP contribution in [0.5, 0.6) is 0 Å². The van der Waals surface area contributed by atoms with Crippen molar-refractivity contribution in [3.05, 3.63) is 34.9 Å². The van der Waals surface area contributed by atoms with Gasteiger partial charge in [0, 0.05) is 12.6 Å². The van der Waals surface area contributed by atoms with Gasteiger partial charge in [0.15, 0.2) is 0 Å². The largest absolute Gasteiger partial charge is 0.396 e. The van der Waals surface area contributed by atoms with E-state index in [9.17, 15) is 0 Å². The minimum atomic E-state index is 0.221. The molecule has 0 fully saturated rings. The van der Waals surface area contributed by atoms with Crippen molar-refractivity contribution >= 4 is 0 Å². The SMILES string of the molecule is CNC(CCO)c1ccc(C)c(C)c1. The molecule has 2 nitrogen and oxygen atoms in total. The summed E-state index contributed by atoms with van der Waals surface area (Å²) in [7, 11) is 1.93. The molecule has 0 aromatic heterocycles. The Morgan fingerprint density at radius 1 is 1.29 bits per heavy atom. The lowest BCUT2D eigenvalue weighted by atomic mass is 9.99. The molecule has 0 amide bonds. The summed E-state index contributed by atoms with van der Waals surface area (Å²) in [6.45, 7) is 4.45. The Balaban J connectivity index is 2.88. The summed E-state index contributed by atoms with van der Waals surface area (Å²) < 4.78 is 0. The van der Waals surface area contributed by atoms with Gasteiger partial charge in [-0.25, -0.2) is 0 Å². The molecule has 2 N–H and O–H groups in total. The van der Waals surface area contributed by atoms with Crippen molar-refractivity contribution in [1.82, 2.24) is 5.32 Å². The lowest BCUT2D eigenvalue weighted by Gasteiger charge is -2.16. The van der Waals surface area contributed by atoms with E-state index in [1.54, 1.807) is 0 Å². The number of aliphatic hydroxyl groups is 1. The van der Waals surface area contributed by atoms with Crippen LogP contribution in [0.3, 0.4) is 0 Å². The van der Waals surface area contributed by atoms with Crippen LogP contribution in [-0.4, -0.2) is 18.8 Å². The number of hydrogen-bond donors (Lipinski definition) is 2. The summed E-state index contributed by atoms with van der Waals surface area (Å²) in [5.41, 5.74) is 3.87. The van der Waals surface area contributed by atoms with Gasteiger partial charge in [0.05, 0.1) is 0 Å². The van der Waals surface area contributed by atoms with Crippen LogP contribution in [0.15, 0.2) is 18.2 Å². The van der Waals surface area contributed by atoms with Gasteiger partial charge in [0.2, 0.25) is 0 Å². The molecule has 0 aliphatic rings. The highest BCUT2D eigenvalue weighted by Gasteiger charge is 2.08. The van der Waals surface area contributed by atoms with Gasteiger partial charge in [-0.3, -0.25) is 0 Å².